The van der Waals surface area contributed by atoms with Gasteiger partial charge in [0.1, 0.15) is 17.0 Å². The van der Waals surface area contributed by atoms with Crippen LogP contribution in [0.3, 0.4) is 0 Å². The first-order chi connectivity index (χ1) is 16.0. The molecule has 1 aliphatic rings. The minimum absolute atomic E-state index is 0.00581. The first kappa shape index (κ1) is 26.7. The predicted molar refractivity (Wildman–Crippen MR) is 112 cm³/mol. The van der Waals surface area contributed by atoms with Crippen molar-refractivity contribution in [1.29, 1.82) is 0 Å². The highest BCUT2D eigenvalue weighted by atomic mass is 19.4. The van der Waals surface area contributed by atoms with Gasteiger partial charge in [0.25, 0.3) is 11.8 Å². The summed E-state index contributed by atoms with van der Waals surface area (Å²) in [6.45, 7) is 4.98. The van der Waals surface area contributed by atoms with Gasteiger partial charge in [-0.2, -0.15) is 26.3 Å². The minimum Gasteiger partial charge on any atom is -0.416 e. The summed E-state index contributed by atoms with van der Waals surface area (Å²) >= 11 is 0. The Morgan fingerprint density at radius 1 is 1.03 bits per heavy atom. The Labute approximate surface area is 196 Å². The maximum atomic E-state index is 13.9. The summed E-state index contributed by atoms with van der Waals surface area (Å²) in [6, 6.07) is 0.579. The van der Waals surface area contributed by atoms with E-state index < -0.39 is 64.4 Å². The fraction of sp³-hybridized carbons (Fsp3) is 0.619. The largest absolute Gasteiger partial charge is 0.426 e. The Balaban J connectivity index is 2.25. The molecule has 2 aromatic rings. The van der Waals surface area contributed by atoms with Crippen LogP contribution >= 0.6 is 0 Å². The number of aliphatic hydroxyl groups is 1. The average Bonchev–Trinajstić information content (AvgIpc) is 3.20. The summed E-state index contributed by atoms with van der Waals surface area (Å²) in [6.07, 6.45) is -9.94. The van der Waals surface area contributed by atoms with Crippen molar-refractivity contribution in [1.82, 2.24) is 15.2 Å². The first-order valence-corrected chi connectivity index (χ1v) is 10.8. The average molecular weight is 509 g/mol. The van der Waals surface area contributed by atoms with Crippen LogP contribution in [0.15, 0.2) is 15.6 Å². The first-order valence-electron chi connectivity index (χ1n) is 10.8. The minimum atomic E-state index is -5.14. The second-order valence-electron chi connectivity index (χ2n) is 9.25. The van der Waals surface area contributed by atoms with E-state index in [0.717, 1.165) is 0 Å². The molecule has 1 aliphatic heterocycles. The van der Waals surface area contributed by atoms with Gasteiger partial charge in [-0.25, -0.2) is 4.98 Å². The summed E-state index contributed by atoms with van der Waals surface area (Å²) in [5, 5.41) is 21.1. The van der Waals surface area contributed by atoms with Crippen LogP contribution in [0.4, 0.5) is 32.0 Å². The van der Waals surface area contributed by atoms with E-state index in [0.29, 0.717) is 12.5 Å². The monoisotopic (exact) mass is 509 g/mol. The van der Waals surface area contributed by atoms with E-state index in [1.807, 2.05) is 0 Å². The van der Waals surface area contributed by atoms with Gasteiger partial charge >= 0.3 is 12.4 Å². The molecular weight excluding hydrogens is 484 g/mol. The molecule has 1 unspecified atom stereocenters. The molecule has 0 aliphatic carbocycles. The Morgan fingerprint density at radius 3 is 2.29 bits per heavy atom. The van der Waals surface area contributed by atoms with Crippen LogP contribution < -0.4 is 5.73 Å². The molecule has 0 saturated heterocycles. The molecule has 8 nitrogen and oxygen atoms in total. The third kappa shape index (κ3) is 5.85. The van der Waals surface area contributed by atoms with Crippen LogP contribution in [0, 0.1) is 0 Å². The summed E-state index contributed by atoms with van der Waals surface area (Å²) in [5.74, 6) is -1.83. The van der Waals surface area contributed by atoms with E-state index in [1.165, 1.54) is 0 Å². The van der Waals surface area contributed by atoms with Crippen molar-refractivity contribution in [2.45, 2.75) is 82.9 Å². The van der Waals surface area contributed by atoms with Gasteiger partial charge in [0, 0.05) is 0 Å². The molecule has 3 rings (SSSR count). The Bertz CT molecular complexity index is 1090. The highest BCUT2D eigenvalue weighted by Gasteiger charge is 2.58. The number of pyridine rings is 1. The molecule has 3 N–H and O–H groups in total. The van der Waals surface area contributed by atoms with Gasteiger partial charge in [0.2, 0.25) is 5.60 Å². The predicted octanol–water partition coefficient (Wildman–Crippen LogP) is 5.36. The lowest BCUT2D eigenvalue weighted by atomic mass is 9.94. The lowest BCUT2D eigenvalue weighted by Gasteiger charge is -2.27. The number of anilines is 1. The summed E-state index contributed by atoms with van der Waals surface area (Å²) in [4.78, 5) is 9.32. The van der Waals surface area contributed by atoms with Crippen LogP contribution in [-0.2, 0) is 16.6 Å². The topological polar surface area (TPSA) is 120 Å². The van der Waals surface area contributed by atoms with Gasteiger partial charge in [-0.3, -0.25) is 0 Å². The fourth-order valence-corrected chi connectivity index (χ4v) is 3.42. The molecule has 14 heteroatoms. The van der Waals surface area contributed by atoms with Crippen molar-refractivity contribution in [3.8, 4) is 11.6 Å². The molecule has 0 fully saturated rings. The quantitative estimate of drug-likeness (QED) is 0.393. The van der Waals surface area contributed by atoms with E-state index in [-0.39, 0.29) is 31.4 Å². The molecule has 3 heterocycles. The van der Waals surface area contributed by atoms with Crippen molar-refractivity contribution in [2.24, 2.45) is 5.16 Å². The van der Waals surface area contributed by atoms with Crippen molar-refractivity contribution < 1.29 is 40.7 Å². The maximum Gasteiger partial charge on any atom is 0.426 e. The van der Waals surface area contributed by atoms with Gasteiger partial charge in [0.05, 0.1) is 11.3 Å². The van der Waals surface area contributed by atoms with Gasteiger partial charge in [-0.05, 0) is 52.5 Å². The number of oxime groups is 1. The number of hydrogen-bond donors (Lipinski definition) is 2. The summed E-state index contributed by atoms with van der Waals surface area (Å²) < 4.78 is 87.9. The number of halogens is 6. The molecule has 4 bridgehead atoms. The number of nitrogens with zero attached hydrogens (tertiary/aromatic N) is 4. The molecule has 35 heavy (non-hydrogen) atoms. The van der Waals surface area contributed by atoms with Crippen LogP contribution in [0.5, 0.6) is 0 Å². The fourth-order valence-electron chi connectivity index (χ4n) is 3.42. The van der Waals surface area contributed by atoms with Crippen LogP contribution in [0.2, 0.25) is 0 Å². The molecule has 0 amide bonds. The Morgan fingerprint density at radius 2 is 1.69 bits per heavy atom. The number of hydrogen-bond acceptors (Lipinski definition) is 8. The summed E-state index contributed by atoms with van der Waals surface area (Å²) in [5.41, 5.74) is -1.45. The van der Waals surface area contributed by atoms with Crippen LogP contribution in [-0.4, -0.2) is 37.8 Å². The third-order valence-electron chi connectivity index (χ3n) is 5.21. The zero-order valence-electron chi connectivity index (χ0n) is 19.2. The zero-order valence-corrected chi connectivity index (χ0v) is 19.2. The van der Waals surface area contributed by atoms with E-state index in [4.69, 9.17) is 15.0 Å². The smallest absolute Gasteiger partial charge is 0.416 e. The lowest BCUT2D eigenvalue weighted by Crippen LogP contribution is -2.42. The third-order valence-corrected chi connectivity index (χ3v) is 5.21. The molecule has 0 spiro atoms. The number of alkyl halides is 6. The highest BCUT2D eigenvalue weighted by molar-refractivity contribution is 6.01. The van der Waals surface area contributed by atoms with Gasteiger partial charge in [0.15, 0.2) is 5.69 Å². The lowest BCUT2D eigenvalue weighted by molar-refractivity contribution is -0.277. The molecule has 0 aromatic carbocycles. The van der Waals surface area contributed by atoms with Gasteiger partial charge in [-0.15, -0.1) is 10.2 Å². The molecule has 1 atom stereocenters. The molecule has 2 aromatic heterocycles. The zero-order chi connectivity index (χ0) is 26.2. The van der Waals surface area contributed by atoms with Crippen molar-refractivity contribution in [3.05, 3.63) is 23.2 Å². The van der Waals surface area contributed by atoms with E-state index >= 15 is 0 Å². The van der Waals surface area contributed by atoms with Gasteiger partial charge in [-0.1, -0.05) is 18.0 Å². The second kappa shape index (κ2) is 9.28. The molecule has 0 radical (unpaired) electrons. The van der Waals surface area contributed by atoms with Crippen molar-refractivity contribution >= 4 is 11.4 Å². The second-order valence-corrected chi connectivity index (χ2v) is 9.25. The number of nitrogens with two attached hydrogens (primary N) is 1. The van der Waals surface area contributed by atoms with E-state index in [9.17, 15) is 31.4 Å². The Hall–Kier alpha value is -2.90. The molecule has 0 saturated carbocycles. The van der Waals surface area contributed by atoms with E-state index in [2.05, 4.69) is 20.3 Å². The number of nitrogen functional groups attached to an aromatic ring is 1. The molecule has 194 valence electrons. The number of fused-ring (bicyclic) bond motifs is 5. The van der Waals surface area contributed by atoms with Crippen molar-refractivity contribution in [2.75, 3.05) is 5.73 Å². The van der Waals surface area contributed by atoms with Crippen molar-refractivity contribution in [3.63, 3.8) is 0 Å². The number of rotatable bonds is 1. The van der Waals surface area contributed by atoms with Gasteiger partial charge < -0.3 is 20.1 Å². The van der Waals surface area contributed by atoms with Crippen LogP contribution in [0.1, 0.15) is 76.4 Å². The number of aromatic nitrogens is 3. The maximum absolute atomic E-state index is 13.9. The Kier molecular flexibility index (Phi) is 7.08. The normalized spacial score (nSPS) is 21.6. The highest BCUT2D eigenvalue weighted by Crippen LogP contribution is 2.44. The standard InChI is InChI=1S/C21H25F6N5O3/c1-18(2,3)35-32-13-8-6-4-5-7-9-19(33,21(25,26)27)17-31-30-16(34-17)15-12(28)10-11(14(13)29-15)20(22,23)24/h10,33H,4-9,28H2,1-3H3/b32-13+. The molecular formula is C21H25F6N5O3. The SMILES string of the molecule is CC(C)(C)O/N=C1\CCCCCCC(O)(C(F)(F)F)c2nnc(o2)-c2nc1c(C(F)(F)F)cc2N. The van der Waals surface area contributed by atoms with E-state index in [1.54, 1.807) is 20.8 Å². The van der Waals surface area contributed by atoms with Crippen LogP contribution in [0.25, 0.3) is 11.6 Å². The summed E-state index contributed by atoms with van der Waals surface area (Å²) in [7, 11) is 0.